The number of amidine groups is 1. The predicted octanol–water partition coefficient (Wildman–Crippen LogP) is 2.13. The molecule has 0 bridgehead atoms. The van der Waals surface area contributed by atoms with E-state index in [-0.39, 0.29) is 24.7 Å². The molecule has 0 amide bonds. The molecule has 1 fully saturated rings. The van der Waals surface area contributed by atoms with E-state index in [1.165, 1.54) is 11.8 Å². The molecule has 0 aliphatic carbocycles. The lowest BCUT2D eigenvalue weighted by Gasteiger charge is -2.42. The molecular weight excluding hydrogens is 354 g/mol. The minimum atomic E-state index is -2.88. The fourth-order valence-electron chi connectivity index (χ4n) is 2.66. The Morgan fingerprint density at radius 3 is 2.44 bits per heavy atom. The minimum absolute atomic E-state index is 0.238. The zero-order valence-corrected chi connectivity index (χ0v) is 15.2. The lowest BCUT2D eigenvalue weighted by Crippen LogP contribution is -2.58. The molecule has 0 N–H and O–H groups in total. The van der Waals surface area contributed by atoms with Crippen molar-refractivity contribution < 1.29 is 27.7 Å². The summed E-state index contributed by atoms with van der Waals surface area (Å²) in [6, 6.07) is -0.306. The molecule has 142 valence electrons. The lowest BCUT2D eigenvalue weighted by molar-refractivity contribution is -0.221. The van der Waals surface area contributed by atoms with Crippen molar-refractivity contribution in [1.82, 2.24) is 4.90 Å². The van der Waals surface area contributed by atoms with Gasteiger partial charge in [-0.15, -0.1) is 13.2 Å². The van der Waals surface area contributed by atoms with Gasteiger partial charge in [0.1, 0.15) is 29.8 Å². The highest BCUT2D eigenvalue weighted by molar-refractivity contribution is 8.14. The van der Waals surface area contributed by atoms with E-state index in [1.807, 2.05) is 19.0 Å². The maximum atomic E-state index is 12.5. The Bertz CT molecular complexity index is 493. The van der Waals surface area contributed by atoms with Crippen molar-refractivity contribution in [2.75, 3.05) is 33.9 Å². The summed E-state index contributed by atoms with van der Waals surface area (Å²) in [7, 11) is 3.76. The van der Waals surface area contributed by atoms with E-state index in [1.54, 1.807) is 12.2 Å². The fraction of sp³-hybridized carbons (Fsp3) is 0.688. The fourth-order valence-corrected chi connectivity index (χ4v) is 3.82. The number of ether oxygens (including phenoxy) is 4. The van der Waals surface area contributed by atoms with Crippen molar-refractivity contribution in [1.29, 1.82) is 0 Å². The summed E-state index contributed by atoms with van der Waals surface area (Å²) < 4.78 is 47.1. The number of hydrogen-bond donors (Lipinski definition) is 0. The van der Waals surface area contributed by atoms with Gasteiger partial charge in [0, 0.05) is 14.1 Å². The third-order valence-corrected chi connectivity index (χ3v) is 4.98. The third-order valence-electron chi connectivity index (χ3n) is 3.68. The first-order chi connectivity index (χ1) is 12.0. The molecule has 0 radical (unpaired) electrons. The first-order valence-corrected chi connectivity index (χ1v) is 8.77. The highest BCUT2D eigenvalue weighted by atomic mass is 32.2. The molecule has 0 aromatic carbocycles. The maximum Gasteiger partial charge on any atom is 0.345 e. The van der Waals surface area contributed by atoms with Gasteiger partial charge < -0.3 is 23.8 Å². The second-order valence-electron chi connectivity index (χ2n) is 5.72. The Morgan fingerprint density at radius 2 is 1.88 bits per heavy atom. The quantitative estimate of drug-likeness (QED) is 0.573. The Balaban J connectivity index is 2.22. The average Bonchev–Trinajstić information content (AvgIpc) is 3.00. The molecular formula is C16H24F2N2O4S. The monoisotopic (exact) mass is 378 g/mol. The molecule has 0 spiro atoms. The Hall–Kier alpha value is -1.00. The summed E-state index contributed by atoms with van der Waals surface area (Å²) in [4.78, 5) is 6.53. The second-order valence-corrected chi connectivity index (χ2v) is 6.79. The van der Waals surface area contributed by atoms with Gasteiger partial charge in [-0.3, -0.25) is 4.99 Å². The molecule has 0 aromatic rings. The van der Waals surface area contributed by atoms with E-state index in [9.17, 15) is 8.78 Å². The first kappa shape index (κ1) is 20.3. The van der Waals surface area contributed by atoms with Gasteiger partial charge in [0.25, 0.3) is 0 Å². The molecule has 6 nitrogen and oxygen atoms in total. The number of aliphatic imine (C=N–C) groups is 1. The molecule has 5 atom stereocenters. The van der Waals surface area contributed by atoms with Crippen molar-refractivity contribution in [3.05, 3.63) is 25.3 Å². The van der Waals surface area contributed by atoms with Crippen LogP contribution in [0.1, 0.15) is 0 Å². The largest absolute Gasteiger partial charge is 0.369 e. The van der Waals surface area contributed by atoms with Crippen LogP contribution in [0, 0.1) is 0 Å². The molecule has 2 heterocycles. The topological polar surface area (TPSA) is 52.5 Å². The highest BCUT2D eigenvalue weighted by Crippen LogP contribution is 2.39. The van der Waals surface area contributed by atoms with Gasteiger partial charge in [0.05, 0.1) is 19.8 Å². The van der Waals surface area contributed by atoms with Crippen molar-refractivity contribution in [2.24, 2.45) is 4.99 Å². The Morgan fingerprint density at radius 1 is 1.24 bits per heavy atom. The molecule has 25 heavy (non-hydrogen) atoms. The van der Waals surface area contributed by atoms with Crippen LogP contribution in [-0.4, -0.2) is 80.4 Å². The van der Waals surface area contributed by atoms with Gasteiger partial charge in [0.2, 0.25) is 0 Å². The van der Waals surface area contributed by atoms with Crippen LogP contribution in [0.3, 0.4) is 0 Å². The van der Waals surface area contributed by atoms with Crippen LogP contribution in [0.2, 0.25) is 0 Å². The van der Waals surface area contributed by atoms with Crippen LogP contribution in [0.15, 0.2) is 30.3 Å². The van der Waals surface area contributed by atoms with Gasteiger partial charge in [0.15, 0.2) is 5.17 Å². The standard InChI is InChI=1S/C16H24F2N2O4S/c1-5-7-21-12-10(9-23-15(17)18)24-14-11(13(12)22-8-6-2)19-16(25-14)20(3)4/h5-6,10-15H,1-2,7-9H2,3-4H3/t10-,11-,12-,13-,14-/m1/s1. The summed E-state index contributed by atoms with van der Waals surface area (Å²) in [5.41, 5.74) is -0.345. The summed E-state index contributed by atoms with van der Waals surface area (Å²) in [5.74, 6) is 0. The molecule has 2 aliphatic rings. The van der Waals surface area contributed by atoms with Gasteiger partial charge in [-0.25, -0.2) is 0 Å². The van der Waals surface area contributed by atoms with Crippen LogP contribution < -0.4 is 0 Å². The summed E-state index contributed by atoms with van der Waals surface area (Å²) >= 11 is 1.43. The third kappa shape index (κ3) is 5.24. The van der Waals surface area contributed by atoms with Crippen molar-refractivity contribution >= 4 is 16.9 Å². The van der Waals surface area contributed by atoms with Gasteiger partial charge in [-0.05, 0) is 0 Å². The normalized spacial score (nSPS) is 31.6. The van der Waals surface area contributed by atoms with E-state index in [4.69, 9.17) is 14.2 Å². The second kappa shape index (κ2) is 9.63. The number of alkyl halides is 2. The van der Waals surface area contributed by atoms with Crippen LogP contribution in [0.25, 0.3) is 0 Å². The van der Waals surface area contributed by atoms with Crippen molar-refractivity contribution in [3.8, 4) is 0 Å². The summed E-state index contributed by atoms with van der Waals surface area (Å²) in [6.45, 7) is 4.63. The van der Waals surface area contributed by atoms with E-state index >= 15 is 0 Å². The van der Waals surface area contributed by atoms with Crippen LogP contribution >= 0.6 is 11.8 Å². The highest BCUT2D eigenvalue weighted by Gasteiger charge is 2.51. The summed E-state index contributed by atoms with van der Waals surface area (Å²) in [6.07, 6.45) is 1.43. The Kier molecular flexibility index (Phi) is 7.82. The SMILES string of the molecule is C=CCO[C@@H]1[C@H]2N=C(N(C)C)S[C@H]2O[C@H](COC(F)F)[C@H]1OCC=C. The number of rotatable bonds is 9. The molecule has 0 aromatic heterocycles. The Labute approximate surface area is 150 Å². The van der Waals surface area contributed by atoms with Gasteiger partial charge in [-0.2, -0.15) is 8.78 Å². The zero-order valence-electron chi connectivity index (χ0n) is 14.3. The number of hydrogen-bond acceptors (Lipinski definition) is 7. The van der Waals surface area contributed by atoms with Crippen molar-refractivity contribution in [2.45, 2.75) is 36.4 Å². The van der Waals surface area contributed by atoms with Gasteiger partial charge >= 0.3 is 6.61 Å². The van der Waals surface area contributed by atoms with Crippen LogP contribution in [-0.2, 0) is 18.9 Å². The molecule has 2 rings (SSSR count). The van der Waals surface area contributed by atoms with Crippen molar-refractivity contribution in [3.63, 3.8) is 0 Å². The van der Waals surface area contributed by atoms with Gasteiger partial charge in [-0.1, -0.05) is 23.9 Å². The van der Waals surface area contributed by atoms with Crippen LogP contribution in [0.5, 0.6) is 0 Å². The van der Waals surface area contributed by atoms with E-state index < -0.39 is 24.9 Å². The molecule has 0 saturated carbocycles. The van der Waals surface area contributed by atoms with E-state index in [0.29, 0.717) is 6.61 Å². The van der Waals surface area contributed by atoms with E-state index in [0.717, 1.165) is 5.17 Å². The molecule has 1 saturated heterocycles. The smallest absolute Gasteiger partial charge is 0.345 e. The maximum absolute atomic E-state index is 12.5. The number of nitrogens with zero attached hydrogens (tertiary/aromatic N) is 2. The molecule has 0 unspecified atom stereocenters. The minimum Gasteiger partial charge on any atom is -0.369 e. The number of fused-ring (bicyclic) bond motifs is 1. The molecule has 9 heteroatoms. The summed E-state index contributed by atoms with van der Waals surface area (Å²) in [5, 5.41) is 0.792. The average molecular weight is 378 g/mol. The predicted molar refractivity (Wildman–Crippen MR) is 93.0 cm³/mol. The zero-order chi connectivity index (χ0) is 18.4. The number of thioether (sulfide) groups is 1. The van der Waals surface area contributed by atoms with Crippen LogP contribution in [0.4, 0.5) is 8.78 Å². The number of halogens is 2. The van der Waals surface area contributed by atoms with E-state index in [2.05, 4.69) is 22.9 Å². The first-order valence-electron chi connectivity index (χ1n) is 7.90. The molecule has 2 aliphatic heterocycles. The lowest BCUT2D eigenvalue weighted by atomic mass is 9.98.